The van der Waals surface area contributed by atoms with Crippen LogP contribution in [-0.2, 0) is 16.6 Å². The zero-order chi connectivity index (χ0) is 19.4. The number of amides is 1. The molecule has 27 heavy (non-hydrogen) atoms. The number of benzene rings is 2. The topological polar surface area (TPSA) is 107 Å². The molecular formula is C18H17FN4O3S. The van der Waals surface area contributed by atoms with Crippen LogP contribution in [0.1, 0.15) is 22.0 Å². The Bertz CT molecular complexity index is 1040. The van der Waals surface area contributed by atoms with Crippen LogP contribution in [0.15, 0.2) is 72.1 Å². The molecule has 3 aromatic rings. The first kappa shape index (κ1) is 18.7. The largest absolute Gasteiger partial charge is 0.343 e. The van der Waals surface area contributed by atoms with Crippen LogP contribution >= 0.6 is 0 Å². The Morgan fingerprint density at radius 3 is 2.59 bits per heavy atom. The number of carbonyl (C=O) groups is 1. The number of imidazole rings is 1. The van der Waals surface area contributed by atoms with Gasteiger partial charge in [-0.25, -0.2) is 22.9 Å². The van der Waals surface area contributed by atoms with Crippen LogP contribution in [0, 0.1) is 5.82 Å². The van der Waals surface area contributed by atoms with Gasteiger partial charge in [0.2, 0.25) is 10.0 Å². The quantitative estimate of drug-likeness (QED) is 0.672. The van der Waals surface area contributed by atoms with Gasteiger partial charge in [0.05, 0.1) is 22.8 Å². The fourth-order valence-electron chi connectivity index (χ4n) is 2.62. The van der Waals surface area contributed by atoms with E-state index in [4.69, 9.17) is 5.14 Å². The molecule has 140 valence electrons. The summed E-state index contributed by atoms with van der Waals surface area (Å²) >= 11 is 0. The highest BCUT2D eigenvalue weighted by molar-refractivity contribution is 7.89. The molecule has 0 aliphatic carbocycles. The minimum Gasteiger partial charge on any atom is -0.343 e. The number of halogens is 1. The maximum atomic E-state index is 14.1. The summed E-state index contributed by atoms with van der Waals surface area (Å²) in [6.45, 7) is 0.367. The molecule has 1 amide bonds. The lowest BCUT2D eigenvalue weighted by Gasteiger charge is -2.20. The van der Waals surface area contributed by atoms with Gasteiger partial charge < -0.3 is 9.88 Å². The first-order valence-corrected chi connectivity index (χ1v) is 9.53. The number of primary sulfonamides is 1. The molecule has 0 aliphatic heterocycles. The Morgan fingerprint density at radius 1 is 1.22 bits per heavy atom. The lowest BCUT2D eigenvalue weighted by Crippen LogP contribution is -2.32. The number of hydrogen-bond acceptors (Lipinski definition) is 4. The highest BCUT2D eigenvalue weighted by Crippen LogP contribution is 2.18. The summed E-state index contributed by atoms with van der Waals surface area (Å²) in [5, 5.41) is 7.81. The van der Waals surface area contributed by atoms with Crippen molar-refractivity contribution in [1.82, 2.24) is 14.9 Å². The number of carbonyl (C=O) groups excluding carboxylic acids is 1. The van der Waals surface area contributed by atoms with Gasteiger partial charge in [0.15, 0.2) is 0 Å². The lowest BCUT2D eigenvalue weighted by molar-refractivity contribution is 0.0928. The molecule has 0 fully saturated rings. The van der Waals surface area contributed by atoms with Crippen molar-refractivity contribution >= 4 is 15.9 Å². The average molecular weight is 388 g/mol. The third kappa shape index (κ3) is 4.57. The maximum absolute atomic E-state index is 14.1. The van der Waals surface area contributed by atoms with Crippen molar-refractivity contribution in [3.63, 3.8) is 0 Å². The van der Waals surface area contributed by atoms with E-state index in [1.807, 2.05) is 30.3 Å². The third-order valence-corrected chi connectivity index (χ3v) is 4.88. The van der Waals surface area contributed by atoms with Crippen molar-refractivity contribution in [3.8, 4) is 0 Å². The van der Waals surface area contributed by atoms with E-state index in [9.17, 15) is 17.6 Å². The van der Waals surface area contributed by atoms with Crippen LogP contribution < -0.4 is 10.5 Å². The molecule has 0 aliphatic rings. The summed E-state index contributed by atoms with van der Waals surface area (Å²) < 4.78 is 38.9. The molecule has 2 aromatic carbocycles. The van der Waals surface area contributed by atoms with Crippen LogP contribution in [0.5, 0.6) is 0 Å². The van der Waals surface area contributed by atoms with E-state index in [2.05, 4.69) is 10.3 Å². The minimum absolute atomic E-state index is 0.333. The number of nitrogens with two attached hydrogens (primary N) is 1. The highest BCUT2D eigenvalue weighted by atomic mass is 32.2. The lowest BCUT2D eigenvalue weighted by atomic mass is 10.1. The molecular weight excluding hydrogens is 371 g/mol. The number of nitrogens with one attached hydrogen (secondary N) is 1. The molecule has 3 N–H and O–H groups in total. The van der Waals surface area contributed by atoms with E-state index in [1.165, 1.54) is 0 Å². The molecule has 1 heterocycles. The van der Waals surface area contributed by atoms with Crippen LogP contribution in [0.4, 0.5) is 4.39 Å². The molecule has 1 aromatic heterocycles. The second kappa shape index (κ2) is 7.68. The molecule has 9 heteroatoms. The monoisotopic (exact) mass is 388 g/mol. The third-order valence-electron chi connectivity index (χ3n) is 3.97. The predicted molar refractivity (Wildman–Crippen MR) is 96.6 cm³/mol. The van der Waals surface area contributed by atoms with Crippen molar-refractivity contribution in [2.24, 2.45) is 5.14 Å². The van der Waals surface area contributed by atoms with Gasteiger partial charge in [0.1, 0.15) is 5.82 Å². The molecule has 0 bridgehead atoms. The van der Waals surface area contributed by atoms with Gasteiger partial charge in [-0.2, -0.15) is 0 Å². The van der Waals surface area contributed by atoms with Crippen molar-refractivity contribution in [2.45, 2.75) is 17.5 Å². The Morgan fingerprint density at radius 2 is 1.96 bits per heavy atom. The standard InChI is InChI=1S/C18H17FN4O3S/c19-16-7-6-14(27(20,25)26)10-15(16)18(24)22-17(11-23-9-8-21-12-23)13-4-2-1-3-5-13/h1-10,12,17H,11H2,(H,22,24)(H2,20,25,26)/t17-/m1/s1. The SMILES string of the molecule is NS(=O)(=O)c1ccc(F)c(C(=O)N[C@H](Cn2ccnc2)c2ccccc2)c1. The molecule has 0 saturated carbocycles. The fraction of sp³-hybridized carbons (Fsp3) is 0.111. The summed E-state index contributed by atoms with van der Waals surface area (Å²) in [5.41, 5.74) is 0.413. The van der Waals surface area contributed by atoms with Gasteiger partial charge in [-0.1, -0.05) is 30.3 Å². The second-order valence-corrected chi connectivity index (χ2v) is 7.44. The summed E-state index contributed by atoms with van der Waals surface area (Å²) in [5.74, 6) is -1.58. The summed E-state index contributed by atoms with van der Waals surface area (Å²) in [6, 6.07) is 11.5. The van der Waals surface area contributed by atoms with E-state index in [-0.39, 0.29) is 4.90 Å². The molecule has 0 unspecified atom stereocenters. The Labute approximate surface area is 155 Å². The van der Waals surface area contributed by atoms with Crippen molar-refractivity contribution in [3.05, 3.63) is 84.2 Å². The normalized spacial score (nSPS) is 12.5. The molecule has 0 spiro atoms. The van der Waals surface area contributed by atoms with Crippen LogP contribution in [-0.4, -0.2) is 23.9 Å². The Kier molecular flexibility index (Phi) is 5.33. The number of aromatic nitrogens is 2. The summed E-state index contributed by atoms with van der Waals surface area (Å²) in [7, 11) is -4.06. The van der Waals surface area contributed by atoms with Gasteiger partial charge in [-0.15, -0.1) is 0 Å². The number of rotatable bonds is 6. The van der Waals surface area contributed by atoms with Crippen LogP contribution in [0.3, 0.4) is 0 Å². The molecule has 0 saturated heterocycles. The van der Waals surface area contributed by atoms with Crippen LogP contribution in [0.25, 0.3) is 0 Å². The van der Waals surface area contributed by atoms with Gasteiger partial charge in [-0.05, 0) is 23.8 Å². The van der Waals surface area contributed by atoms with Gasteiger partial charge in [-0.3, -0.25) is 4.79 Å². The van der Waals surface area contributed by atoms with Crippen molar-refractivity contribution in [2.75, 3.05) is 0 Å². The second-order valence-electron chi connectivity index (χ2n) is 5.88. The van der Waals surface area contributed by atoms with Gasteiger partial charge in [0, 0.05) is 18.9 Å². The molecule has 3 rings (SSSR count). The molecule has 0 radical (unpaired) electrons. The zero-order valence-electron chi connectivity index (χ0n) is 14.1. The van der Waals surface area contributed by atoms with Crippen LogP contribution in [0.2, 0.25) is 0 Å². The minimum atomic E-state index is -4.06. The average Bonchev–Trinajstić information content (AvgIpc) is 3.14. The van der Waals surface area contributed by atoms with Crippen molar-refractivity contribution < 1.29 is 17.6 Å². The number of nitrogens with zero attached hydrogens (tertiary/aromatic N) is 2. The summed E-state index contributed by atoms with van der Waals surface area (Å²) in [6.07, 6.45) is 4.95. The highest BCUT2D eigenvalue weighted by Gasteiger charge is 2.21. The Hall–Kier alpha value is -3.04. The number of hydrogen-bond donors (Lipinski definition) is 2. The fourth-order valence-corrected chi connectivity index (χ4v) is 3.16. The Balaban J connectivity index is 1.91. The van der Waals surface area contributed by atoms with E-state index >= 15 is 0 Å². The zero-order valence-corrected chi connectivity index (χ0v) is 14.9. The van der Waals surface area contributed by atoms with E-state index in [0.717, 1.165) is 23.8 Å². The van der Waals surface area contributed by atoms with E-state index < -0.39 is 33.4 Å². The molecule has 7 nitrogen and oxygen atoms in total. The summed E-state index contributed by atoms with van der Waals surface area (Å²) in [4.78, 5) is 16.3. The van der Waals surface area contributed by atoms with E-state index in [0.29, 0.717) is 6.54 Å². The van der Waals surface area contributed by atoms with Crippen molar-refractivity contribution in [1.29, 1.82) is 0 Å². The predicted octanol–water partition coefficient (Wildman–Crippen LogP) is 1.84. The number of sulfonamides is 1. The van der Waals surface area contributed by atoms with E-state index in [1.54, 1.807) is 23.3 Å². The molecule has 1 atom stereocenters. The van der Waals surface area contributed by atoms with Gasteiger partial charge >= 0.3 is 0 Å². The first-order valence-electron chi connectivity index (χ1n) is 7.98. The smallest absolute Gasteiger partial charge is 0.254 e. The first-order chi connectivity index (χ1) is 12.8. The van der Waals surface area contributed by atoms with Gasteiger partial charge in [0.25, 0.3) is 5.91 Å². The maximum Gasteiger partial charge on any atom is 0.254 e.